The SMILES string of the molecule is CCOC(=O)C1CCCCN1CC(C)C(=O)O. The molecule has 1 aliphatic heterocycles. The smallest absolute Gasteiger partial charge is 0.323 e. The van der Waals surface area contributed by atoms with E-state index in [4.69, 9.17) is 9.84 Å². The van der Waals surface area contributed by atoms with E-state index >= 15 is 0 Å². The Kier molecular flexibility index (Phi) is 5.41. The zero-order valence-corrected chi connectivity index (χ0v) is 10.5. The number of likely N-dealkylation sites (tertiary alicyclic amines) is 1. The van der Waals surface area contributed by atoms with Crippen molar-refractivity contribution in [1.29, 1.82) is 0 Å². The molecule has 98 valence electrons. The topological polar surface area (TPSA) is 66.8 Å². The first-order chi connectivity index (χ1) is 8.06. The van der Waals surface area contributed by atoms with Gasteiger partial charge in [0.2, 0.25) is 0 Å². The van der Waals surface area contributed by atoms with E-state index in [9.17, 15) is 9.59 Å². The molecule has 1 N–H and O–H groups in total. The maximum atomic E-state index is 11.7. The van der Waals surface area contributed by atoms with Gasteiger partial charge in [-0.15, -0.1) is 0 Å². The first kappa shape index (κ1) is 14.0. The molecule has 1 rings (SSSR count). The van der Waals surface area contributed by atoms with Gasteiger partial charge >= 0.3 is 11.9 Å². The first-order valence-corrected chi connectivity index (χ1v) is 6.19. The quantitative estimate of drug-likeness (QED) is 0.733. The molecule has 0 bridgehead atoms. The molecular formula is C12H21NO4. The lowest BCUT2D eigenvalue weighted by Gasteiger charge is -2.34. The third-order valence-corrected chi connectivity index (χ3v) is 3.10. The number of carbonyl (C=O) groups is 2. The standard InChI is InChI=1S/C12H21NO4/c1-3-17-12(16)10-6-4-5-7-13(10)8-9(2)11(14)15/h9-10H,3-8H2,1-2H3,(H,14,15). The van der Waals surface area contributed by atoms with Crippen LogP contribution in [0.3, 0.4) is 0 Å². The Labute approximate surface area is 102 Å². The van der Waals surface area contributed by atoms with E-state index in [1.165, 1.54) is 0 Å². The van der Waals surface area contributed by atoms with Crippen molar-refractivity contribution in [1.82, 2.24) is 4.90 Å². The maximum absolute atomic E-state index is 11.7. The lowest BCUT2D eigenvalue weighted by molar-refractivity contribution is -0.153. The summed E-state index contributed by atoms with van der Waals surface area (Å²) >= 11 is 0. The Bertz CT molecular complexity index is 280. The van der Waals surface area contributed by atoms with Gasteiger partial charge in [-0.25, -0.2) is 0 Å². The number of carboxylic acids is 1. The van der Waals surface area contributed by atoms with Crippen LogP contribution in [0.4, 0.5) is 0 Å². The molecule has 1 fully saturated rings. The third-order valence-electron chi connectivity index (χ3n) is 3.10. The average Bonchev–Trinajstić information content (AvgIpc) is 2.29. The number of piperidine rings is 1. The molecule has 0 aromatic rings. The van der Waals surface area contributed by atoms with Crippen LogP contribution in [-0.4, -0.2) is 47.7 Å². The van der Waals surface area contributed by atoms with Crippen LogP contribution >= 0.6 is 0 Å². The number of aliphatic carboxylic acids is 1. The van der Waals surface area contributed by atoms with Gasteiger partial charge in [0.25, 0.3) is 0 Å². The second-order valence-electron chi connectivity index (χ2n) is 4.50. The number of rotatable bonds is 5. The number of esters is 1. The molecule has 0 aliphatic carbocycles. The molecule has 0 aromatic heterocycles. The molecule has 0 saturated carbocycles. The summed E-state index contributed by atoms with van der Waals surface area (Å²) in [6, 6.07) is -0.259. The van der Waals surface area contributed by atoms with E-state index in [0.29, 0.717) is 13.2 Å². The molecule has 1 saturated heterocycles. The highest BCUT2D eigenvalue weighted by molar-refractivity contribution is 5.76. The fraction of sp³-hybridized carbons (Fsp3) is 0.833. The minimum absolute atomic E-state index is 0.218. The van der Waals surface area contributed by atoms with Crippen molar-refractivity contribution < 1.29 is 19.4 Å². The summed E-state index contributed by atoms with van der Waals surface area (Å²) in [5.74, 6) is -1.49. The Morgan fingerprint density at radius 3 is 2.76 bits per heavy atom. The number of carbonyl (C=O) groups excluding carboxylic acids is 1. The molecule has 0 aromatic carbocycles. The van der Waals surface area contributed by atoms with E-state index in [2.05, 4.69) is 0 Å². The van der Waals surface area contributed by atoms with E-state index < -0.39 is 11.9 Å². The highest BCUT2D eigenvalue weighted by Gasteiger charge is 2.31. The predicted molar refractivity (Wildman–Crippen MR) is 62.6 cm³/mol. The van der Waals surface area contributed by atoms with Crippen molar-refractivity contribution >= 4 is 11.9 Å². The predicted octanol–water partition coefficient (Wildman–Crippen LogP) is 1.12. The summed E-state index contributed by atoms with van der Waals surface area (Å²) < 4.78 is 5.03. The lowest BCUT2D eigenvalue weighted by Crippen LogP contribution is -2.48. The van der Waals surface area contributed by atoms with Crippen molar-refractivity contribution in [3.8, 4) is 0 Å². The van der Waals surface area contributed by atoms with Crippen molar-refractivity contribution in [3.05, 3.63) is 0 Å². The van der Waals surface area contributed by atoms with E-state index in [-0.39, 0.29) is 12.0 Å². The minimum atomic E-state index is -0.821. The van der Waals surface area contributed by atoms with Crippen LogP contribution in [0, 0.1) is 5.92 Å². The molecule has 17 heavy (non-hydrogen) atoms. The van der Waals surface area contributed by atoms with Crippen molar-refractivity contribution in [2.24, 2.45) is 5.92 Å². The van der Waals surface area contributed by atoms with E-state index in [1.54, 1.807) is 13.8 Å². The van der Waals surface area contributed by atoms with Crippen LogP contribution in [0.1, 0.15) is 33.1 Å². The summed E-state index contributed by atoms with van der Waals surface area (Å²) in [4.78, 5) is 24.5. The number of ether oxygens (including phenoxy) is 1. The van der Waals surface area contributed by atoms with Crippen LogP contribution in [-0.2, 0) is 14.3 Å². The number of hydrogen-bond acceptors (Lipinski definition) is 4. The fourth-order valence-corrected chi connectivity index (χ4v) is 2.14. The monoisotopic (exact) mass is 243 g/mol. The van der Waals surface area contributed by atoms with Crippen LogP contribution in [0.15, 0.2) is 0 Å². The summed E-state index contributed by atoms with van der Waals surface area (Å²) in [5, 5.41) is 8.90. The zero-order valence-electron chi connectivity index (χ0n) is 10.5. The van der Waals surface area contributed by atoms with E-state index in [0.717, 1.165) is 25.8 Å². The average molecular weight is 243 g/mol. The van der Waals surface area contributed by atoms with E-state index in [1.807, 2.05) is 4.90 Å². The minimum Gasteiger partial charge on any atom is -0.481 e. The van der Waals surface area contributed by atoms with Crippen LogP contribution in [0.25, 0.3) is 0 Å². The Morgan fingerprint density at radius 2 is 2.18 bits per heavy atom. The van der Waals surface area contributed by atoms with Gasteiger partial charge in [0.1, 0.15) is 6.04 Å². The molecule has 2 atom stereocenters. The van der Waals surface area contributed by atoms with Crippen molar-refractivity contribution in [2.75, 3.05) is 19.7 Å². The molecule has 1 heterocycles. The lowest BCUT2D eigenvalue weighted by atomic mass is 10.0. The number of nitrogens with zero attached hydrogens (tertiary/aromatic N) is 1. The van der Waals surface area contributed by atoms with Gasteiger partial charge in [-0.2, -0.15) is 0 Å². The van der Waals surface area contributed by atoms with Crippen molar-refractivity contribution in [3.63, 3.8) is 0 Å². The largest absolute Gasteiger partial charge is 0.481 e. The number of hydrogen-bond donors (Lipinski definition) is 1. The molecule has 5 heteroatoms. The van der Waals surface area contributed by atoms with Gasteiger partial charge in [-0.05, 0) is 26.3 Å². The molecule has 0 spiro atoms. The second kappa shape index (κ2) is 6.59. The number of carboxylic acid groups (broad SMARTS) is 1. The molecule has 0 amide bonds. The highest BCUT2D eigenvalue weighted by Crippen LogP contribution is 2.19. The summed E-state index contributed by atoms with van der Waals surface area (Å²) in [5.41, 5.74) is 0. The van der Waals surface area contributed by atoms with Gasteiger partial charge in [-0.3, -0.25) is 14.5 Å². The van der Waals surface area contributed by atoms with Crippen LogP contribution in [0.2, 0.25) is 0 Å². The summed E-state index contributed by atoms with van der Waals surface area (Å²) in [7, 11) is 0. The Morgan fingerprint density at radius 1 is 1.47 bits per heavy atom. The summed E-state index contributed by atoms with van der Waals surface area (Å²) in [6.45, 7) is 5.02. The molecular weight excluding hydrogens is 222 g/mol. The zero-order chi connectivity index (χ0) is 12.8. The highest BCUT2D eigenvalue weighted by atomic mass is 16.5. The van der Waals surface area contributed by atoms with Gasteiger partial charge in [0.15, 0.2) is 0 Å². The Balaban J connectivity index is 2.59. The molecule has 2 unspecified atom stereocenters. The van der Waals surface area contributed by atoms with Crippen molar-refractivity contribution in [2.45, 2.75) is 39.2 Å². The Hall–Kier alpha value is -1.10. The summed E-state index contributed by atoms with van der Waals surface area (Å²) in [6.07, 6.45) is 2.79. The third kappa shape index (κ3) is 4.00. The van der Waals surface area contributed by atoms with Crippen LogP contribution < -0.4 is 0 Å². The van der Waals surface area contributed by atoms with Gasteiger partial charge < -0.3 is 9.84 Å². The molecule has 1 aliphatic rings. The van der Waals surface area contributed by atoms with Crippen LogP contribution in [0.5, 0.6) is 0 Å². The van der Waals surface area contributed by atoms with Gasteiger partial charge in [-0.1, -0.05) is 13.3 Å². The van der Waals surface area contributed by atoms with Gasteiger partial charge in [0.05, 0.1) is 12.5 Å². The molecule has 0 radical (unpaired) electrons. The van der Waals surface area contributed by atoms with Gasteiger partial charge in [0, 0.05) is 6.54 Å². The fourth-order valence-electron chi connectivity index (χ4n) is 2.14. The first-order valence-electron chi connectivity index (χ1n) is 6.19. The molecule has 5 nitrogen and oxygen atoms in total. The second-order valence-corrected chi connectivity index (χ2v) is 4.50. The normalized spacial score (nSPS) is 23.1. The maximum Gasteiger partial charge on any atom is 0.323 e.